The predicted molar refractivity (Wildman–Crippen MR) is 289 cm³/mol. The second-order valence-corrected chi connectivity index (χ2v) is 19.6. The molecule has 0 fully saturated rings. The molecule has 6 nitrogen and oxygen atoms in total. The summed E-state index contributed by atoms with van der Waals surface area (Å²) >= 11 is 0. The van der Waals surface area contributed by atoms with Gasteiger partial charge in [0.05, 0.1) is 0 Å². The minimum absolute atomic E-state index is 0.0849. The summed E-state index contributed by atoms with van der Waals surface area (Å²) in [6.45, 7) is 6.63. The predicted octanol–water partition coefficient (Wildman–Crippen LogP) is 19.4. The minimum Gasteiger partial charge on any atom is -0.462 e. The Kier molecular flexibility index (Phi) is 53.8. The average Bonchev–Trinajstić information content (AvgIpc) is 3.33. The molecule has 0 aromatic rings. The monoisotopic (exact) mass is 939 g/mol. The van der Waals surface area contributed by atoms with E-state index in [9.17, 15) is 14.4 Å². The molecule has 0 radical (unpaired) electrons. The van der Waals surface area contributed by atoms with Gasteiger partial charge in [-0.05, 0) is 70.6 Å². The van der Waals surface area contributed by atoms with Crippen LogP contribution < -0.4 is 0 Å². The SMILES string of the molecule is CCCCCCC\C=C/C=C\C=C/CCCCCCCC(=O)OCC(COC(=O)CCCCC/C=C\CCCCCCCCC)OC(=O)CCCCCCCCCCCCCCCCCCC. The highest BCUT2D eigenvalue weighted by Crippen LogP contribution is 2.16. The largest absolute Gasteiger partial charge is 0.462 e. The molecule has 0 aromatic heterocycles. The van der Waals surface area contributed by atoms with Crippen molar-refractivity contribution in [2.75, 3.05) is 13.2 Å². The Bertz CT molecular complexity index is 1170. The van der Waals surface area contributed by atoms with Gasteiger partial charge in [0.15, 0.2) is 6.10 Å². The molecule has 0 aliphatic carbocycles. The molecule has 0 saturated carbocycles. The highest BCUT2D eigenvalue weighted by molar-refractivity contribution is 5.71. The van der Waals surface area contributed by atoms with Crippen LogP contribution in [0.2, 0.25) is 0 Å². The van der Waals surface area contributed by atoms with E-state index in [-0.39, 0.29) is 31.1 Å². The summed E-state index contributed by atoms with van der Waals surface area (Å²) in [5.41, 5.74) is 0. The van der Waals surface area contributed by atoms with Gasteiger partial charge in [-0.3, -0.25) is 14.4 Å². The zero-order chi connectivity index (χ0) is 48.6. The van der Waals surface area contributed by atoms with Crippen molar-refractivity contribution in [1.29, 1.82) is 0 Å². The third kappa shape index (κ3) is 54.2. The first kappa shape index (κ1) is 64.4. The number of carbonyl (C=O) groups excluding carboxylic acids is 3. The Morgan fingerprint density at radius 2 is 0.552 bits per heavy atom. The lowest BCUT2D eigenvalue weighted by atomic mass is 10.0. The molecule has 0 rings (SSSR count). The van der Waals surface area contributed by atoms with E-state index < -0.39 is 6.10 Å². The Morgan fingerprint density at radius 1 is 0.299 bits per heavy atom. The highest BCUT2D eigenvalue weighted by Gasteiger charge is 2.19. The number of ether oxygens (including phenoxy) is 3. The maximum Gasteiger partial charge on any atom is 0.306 e. The molecule has 0 aliphatic rings. The Balaban J connectivity index is 4.40. The van der Waals surface area contributed by atoms with E-state index in [1.54, 1.807) is 0 Å². The van der Waals surface area contributed by atoms with Crippen molar-refractivity contribution in [3.8, 4) is 0 Å². The van der Waals surface area contributed by atoms with Crippen LogP contribution in [0, 0.1) is 0 Å². The summed E-state index contributed by atoms with van der Waals surface area (Å²) < 4.78 is 16.9. The van der Waals surface area contributed by atoms with Gasteiger partial charge in [0.2, 0.25) is 0 Å². The van der Waals surface area contributed by atoms with Crippen LogP contribution in [0.25, 0.3) is 0 Å². The van der Waals surface area contributed by atoms with Gasteiger partial charge in [0.1, 0.15) is 13.2 Å². The summed E-state index contributed by atoms with van der Waals surface area (Å²) in [5.74, 6) is -0.903. The van der Waals surface area contributed by atoms with Gasteiger partial charge in [-0.25, -0.2) is 0 Å². The van der Waals surface area contributed by atoms with Crippen LogP contribution >= 0.6 is 0 Å². The van der Waals surface area contributed by atoms with Gasteiger partial charge < -0.3 is 14.2 Å². The van der Waals surface area contributed by atoms with Crippen LogP contribution in [0.1, 0.15) is 303 Å². The lowest BCUT2D eigenvalue weighted by Crippen LogP contribution is -2.30. The van der Waals surface area contributed by atoms with Crippen molar-refractivity contribution in [1.82, 2.24) is 0 Å². The van der Waals surface area contributed by atoms with E-state index in [2.05, 4.69) is 69.4 Å². The molecule has 0 saturated heterocycles. The number of esters is 3. The van der Waals surface area contributed by atoms with Gasteiger partial charge in [0.25, 0.3) is 0 Å². The number of carbonyl (C=O) groups is 3. The van der Waals surface area contributed by atoms with E-state index in [4.69, 9.17) is 14.2 Å². The molecule has 390 valence electrons. The third-order valence-electron chi connectivity index (χ3n) is 12.9. The molecule has 0 aromatic carbocycles. The van der Waals surface area contributed by atoms with Crippen LogP contribution in [0.4, 0.5) is 0 Å². The van der Waals surface area contributed by atoms with Gasteiger partial charge >= 0.3 is 17.9 Å². The van der Waals surface area contributed by atoms with Gasteiger partial charge in [-0.2, -0.15) is 0 Å². The molecule has 1 unspecified atom stereocenters. The van der Waals surface area contributed by atoms with Crippen molar-refractivity contribution < 1.29 is 28.6 Å². The second kappa shape index (κ2) is 56.0. The molecule has 6 heteroatoms. The Morgan fingerprint density at radius 3 is 0.881 bits per heavy atom. The zero-order valence-electron chi connectivity index (χ0n) is 44.7. The molecule has 0 bridgehead atoms. The van der Waals surface area contributed by atoms with Crippen molar-refractivity contribution in [2.24, 2.45) is 0 Å². The fourth-order valence-corrected chi connectivity index (χ4v) is 8.44. The molecular formula is C61H110O6. The topological polar surface area (TPSA) is 78.9 Å². The summed E-state index contributed by atoms with van der Waals surface area (Å²) in [4.78, 5) is 38.1. The quantitative estimate of drug-likeness (QED) is 0.0199. The lowest BCUT2D eigenvalue weighted by molar-refractivity contribution is -0.167. The van der Waals surface area contributed by atoms with E-state index >= 15 is 0 Å². The van der Waals surface area contributed by atoms with Crippen LogP contribution in [0.3, 0.4) is 0 Å². The lowest BCUT2D eigenvalue weighted by Gasteiger charge is -2.18. The van der Waals surface area contributed by atoms with Crippen LogP contribution in [0.15, 0.2) is 48.6 Å². The van der Waals surface area contributed by atoms with E-state index in [0.29, 0.717) is 19.3 Å². The number of unbranched alkanes of at least 4 members (excludes halogenated alkanes) is 36. The normalized spacial score (nSPS) is 12.3. The molecule has 0 N–H and O–H groups in total. The summed E-state index contributed by atoms with van der Waals surface area (Å²) in [6, 6.07) is 0. The first-order valence-corrected chi connectivity index (χ1v) is 29.2. The fourth-order valence-electron chi connectivity index (χ4n) is 8.44. The van der Waals surface area contributed by atoms with Crippen molar-refractivity contribution in [3.05, 3.63) is 48.6 Å². The van der Waals surface area contributed by atoms with Crippen molar-refractivity contribution in [2.45, 2.75) is 309 Å². The van der Waals surface area contributed by atoms with Crippen LogP contribution in [-0.4, -0.2) is 37.2 Å². The summed E-state index contributed by atoms with van der Waals surface area (Å²) in [5, 5.41) is 0. The van der Waals surface area contributed by atoms with E-state index in [1.807, 2.05) is 0 Å². The third-order valence-corrected chi connectivity index (χ3v) is 12.9. The zero-order valence-corrected chi connectivity index (χ0v) is 44.7. The summed E-state index contributed by atoms with van der Waals surface area (Å²) in [6.07, 6.45) is 68.1. The maximum absolute atomic E-state index is 12.9. The average molecular weight is 940 g/mol. The van der Waals surface area contributed by atoms with Crippen LogP contribution in [0.5, 0.6) is 0 Å². The minimum atomic E-state index is -0.785. The molecule has 1 atom stereocenters. The number of hydrogen-bond donors (Lipinski definition) is 0. The van der Waals surface area contributed by atoms with Gasteiger partial charge in [-0.1, -0.05) is 262 Å². The fraction of sp³-hybridized carbons (Fsp3) is 0.820. The Hall–Kier alpha value is -2.63. The highest BCUT2D eigenvalue weighted by atomic mass is 16.6. The molecule has 0 heterocycles. The molecule has 67 heavy (non-hydrogen) atoms. The van der Waals surface area contributed by atoms with Gasteiger partial charge in [-0.15, -0.1) is 0 Å². The molecule has 0 spiro atoms. The first-order valence-electron chi connectivity index (χ1n) is 29.2. The maximum atomic E-state index is 12.9. The smallest absolute Gasteiger partial charge is 0.306 e. The molecule has 0 amide bonds. The van der Waals surface area contributed by atoms with Gasteiger partial charge in [0, 0.05) is 19.3 Å². The van der Waals surface area contributed by atoms with E-state index in [1.165, 1.54) is 173 Å². The molecule has 0 aliphatic heterocycles. The van der Waals surface area contributed by atoms with Crippen molar-refractivity contribution >= 4 is 17.9 Å². The van der Waals surface area contributed by atoms with E-state index in [0.717, 1.165) is 89.9 Å². The number of rotatable bonds is 53. The number of hydrogen-bond acceptors (Lipinski definition) is 6. The first-order chi connectivity index (χ1) is 33.0. The van der Waals surface area contributed by atoms with Crippen LogP contribution in [-0.2, 0) is 28.6 Å². The molecular weight excluding hydrogens is 829 g/mol. The standard InChI is InChI=1S/C61H110O6/c1-4-7-10-13-16-19-22-25-28-30-32-33-36-39-42-45-48-51-54-60(63)66-57-58(56-65-59(62)53-50-47-44-41-38-35-27-24-21-18-15-12-9-6-3)67-61(64)55-52-49-46-43-40-37-34-31-29-26-23-20-17-14-11-8-5-2/h22,25,28,30,32-33,35,38,58H,4-21,23-24,26-27,29,31,34,36-37,39-57H2,1-3H3/b25-22-,30-28-,33-32-,38-35-. The second-order valence-electron chi connectivity index (χ2n) is 19.6. The van der Waals surface area contributed by atoms with Crippen molar-refractivity contribution in [3.63, 3.8) is 0 Å². The number of allylic oxidation sites excluding steroid dienone is 8. The Labute approximate surface area is 416 Å². The summed E-state index contributed by atoms with van der Waals surface area (Å²) in [7, 11) is 0.